The summed E-state index contributed by atoms with van der Waals surface area (Å²) in [5.41, 5.74) is 6.52. The maximum absolute atomic E-state index is 6.25. The van der Waals surface area contributed by atoms with Gasteiger partial charge in [0.05, 0.1) is 0 Å². The van der Waals surface area contributed by atoms with Gasteiger partial charge < -0.3 is 10.6 Å². The van der Waals surface area contributed by atoms with E-state index in [4.69, 9.17) is 5.73 Å². The fourth-order valence-corrected chi connectivity index (χ4v) is 4.04. The lowest BCUT2D eigenvalue weighted by molar-refractivity contribution is 0.0223. The summed E-state index contributed by atoms with van der Waals surface area (Å²) in [6.45, 7) is 18.3. The van der Waals surface area contributed by atoms with Crippen LogP contribution < -0.4 is 5.73 Å². The Morgan fingerprint density at radius 3 is 2.14 bits per heavy atom. The van der Waals surface area contributed by atoms with Crippen LogP contribution in [0.2, 0.25) is 0 Å². The van der Waals surface area contributed by atoms with Crippen molar-refractivity contribution in [3.05, 3.63) is 0 Å². The molecule has 0 aromatic rings. The molecule has 0 amide bonds. The monoisotopic (exact) mass is 297 g/mol. The van der Waals surface area contributed by atoms with E-state index in [1.807, 2.05) is 0 Å². The van der Waals surface area contributed by atoms with Crippen LogP contribution in [0.25, 0.3) is 0 Å². The average Bonchev–Trinajstić information content (AvgIpc) is 2.51. The molecule has 1 aliphatic rings. The predicted octanol–water partition coefficient (Wildman–Crippen LogP) is 3.19. The molecule has 21 heavy (non-hydrogen) atoms. The highest BCUT2D eigenvalue weighted by Gasteiger charge is 2.40. The molecular weight excluding hydrogens is 258 g/mol. The van der Waals surface area contributed by atoms with Crippen LogP contribution >= 0.6 is 0 Å². The molecule has 0 saturated heterocycles. The van der Waals surface area contributed by atoms with Gasteiger partial charge in [0.25, 0.3) is 0 Å². The highest BCUT2D eigenvalue weighted by molar-refractivity contribution is 4.97. The van der Waals surface area contributed by atoms with Gasteiger partial charge in [-0.25, -0.2) is 0 Å². The Kier molecular flexibility index (Phi) is 8.22. The summed E-state index contributed by atoms with van der Waals surface area (Å²) in [7, 11) is 0. The highest BCUT2D eigenvalue weighted by atomic mass is 15.2. The predicted molar refractivity (Wildman–Crippen MR) is 93.6 cm³/mol. The zero-order chi connectivity index (χ0) is 15.9. The maximum atomic E-state index is 6.25. The van der Waals surface area contributed by atoms with Crippen molar-refractivity contribution in [3.8, 4) is 0 Å². The second kappa shape index (κ2) is 9.12. The molecule has 0 spiro atoms. The first kappa shape index (κ1) is 18.9. The third kappa shape index (κ3) is 4.94. The lowest BCUT2D eigenvalue weighted by Gasteiger charge is -2.49. The fourth-order valence-electron chi connectivity index (χ4n) is 4.04. The van der Waals surface area contributed by atoms with Gasteiger partial charge in [0.1, 0.15) is 0 Å². The third-order valence-corrected chi connectivity index (χ3v) is 5.97. The molecular formula is C18H39N3. The average molecular weight is 298 g/mol. The van der Waals surface area contributed by atoms with Crippen LogP contribution in [-0.4, -0.2) is 54.6 Å². The van der Waals surface area contributed by atoms with Crippen molar-refractivity contribution >= 4 is 0 Å². The van der Waals surface area contributed by atoms with Gasteiger partial charge in [-0.2, -0.15) is 0 Å². The van der Waals surface area contributed by atoms with Crippen molar-refractivity contribution < 1.29 is 0 Å². The zero-order valence-corrected chi connectivity index (χ0v) is 15.2. The first-order chi connectivity index (χ1) is 10.0. The summed E-state index contributed by atoms with van der Waals surface area (Å²) in [4.78, 5) is 5.22. The largest absolute Gasteiger partial charge is 0.329 e. The standard InChI is InChI=1S/C18H39N3/c1-6-20(7-2)12-9-13-21(8-3)18(15-19)11-10-16(4)17(5)14-18/h16-17H,6-15,19H2,1-5H3. The third-order valence-electron chi connectivity index (χ3n) is 5.97. The van der Waals surface area contributed by atoms with Crippen LogP contribution in [0.4, 0.5) is 0 Å². The molecule has 3 nitrogen and oxygen atoms in total. The number of nitrogens with zero attached hydrogens (tertiary/aromatic N) is 2. The van der Waals surface area contributed by atoms with E-state index in [-0.39, 0.29) is 5.54 Å². The molecule has 1 saturated carbocycles. The topological polar surface area (TPSA) is 32.5 Å². The first-order valence-electron chi connectivity index (χ1n) is 9.20. The Hall–Kier alpha value is -0.120. The minimum Gasteiger partial charge on any atom is -0.329 e. The van der Waals surface area contributed by atoms with Gasteiger partial charge in [-0.15, -0.1) is 0 Å². The molecule has 0 radical (unpaired) electrons. The van der Waals surface area contributed by atoms with E-state index in [0.717, 1.165) is 24.9 Å². The molecule has 1 aliphatic carbocycles. The number of hydrogen-bond donors (Lipinski definition) is 1. The van der Waals surface area contributed by atoms with Crippen molar-refractivity contribution in [1.82, 2.24) is 9.80 Å². The molecule has 2 N–H and O–H groups in total. The molecule has 0 heterocycles. The lowest BCUT2D eigenvalue weighted by Crippen LogP contribution is -2.57. The molecule has 0 aromatic heterocycles. The molecule has 0 aromatic carbocycles. The van der Waals surface area contributed by atoms with E-state index in [1.54, 1.807) is 0 Å². The van der Waals surface area contributed by atoms with Crippen molar-refractivity contribution in [2.45, 2.75) is 65.8 Å². The fraction of sp³-hybridized carbons (Fsp3) is 1.00. The maximum Gasteiger partial charge on any atom is 0.0334 e. The van der Waals surface area contributed by atoms with Gasteiger partial charge in [-0.1, -0.05) is 34.6 Å². The van der Waals surface area contributed by atoms with Gasteiger partial charge in [0.2, 0.25) is 0 Å². The SMILES string of the molecule is CCN(CC)CCCN(CC)C1(CN)CCC(C)C(C)C1. The quantitative estimate of drug-likeness (QED) is 0.709. The smallest absolute Gasteiger partial charge is 0.0334 e. The summed E-state index contributed by atoms with van der Waals surface area (Å²) >= 11 is 0. The number of hydrogen-bond acceptors (Lipinski definition) is 3. The van der Waals surface area contributed by atoms with Gasteiger partial charge in [-0.3, -0.25) is 4.90 Å². The van der Waals surface area contributed by atoms with Gasteiger partial charge in [-0.05, 0) is 70.2 Å². The Bertz CT molecular complexity index is 278. The van der Waals surface area contributed by atoms with Gasteiger partial charge in [0.15, 0.2) is 0 Å². The summed E-state index contributed by atoms with van der Waals surface area (Å²) in [6.07, 6.45) is 5.17. The summed E-state index contributed by atoms with van der Waals surface area (Å²) < 4.78 is 0. The van der Waals surface area contributed by atoms with Gasteiger partial charge >= 0.3 is 0 Å². The van der Waals surface area contributed by atoms with Crippen molar-refractivity contribution in [1.29, 1.82) is 0 Å². The second-order valence-corrected chi connectivity index (χ2v) is 7.09. The molecule has 3 heteroatoms. The zero-order valence-electron chi connectivity index (χ0n) is 15.2. The van der Waals surface area contributed by atoms with E-state index in [1.165, 1.54) is 51.9 Å². The normalized spacial score (nSPS) is 30.3. The Balaban J connectivity index is 2.59. The minimum absolute atomic E-state index is 0.268. The van der Waals surface area contributed by atoms with E-state index >= 15 is 0 Å². The van der Waals surface area contributed by atoms with Crippen molar-refractivity contribution in [2.75, 3.05) is 39.3 Å². The van der Waals surface area contributed by atoms with Crippen molar-refractivity contribution in [2.24, 2.45) is 17.6 Å². The van der Waals surface area contributed by atoms with E-state index in [0.29, 0.717) is 0 Å². The summed E-state index contributed by atoms with van der Waals surface area (Å²) in [5, 5.41) is 0. The molecule has 3 atom stereocenters. The Morgan fingerprint density at radius 2 is 1.67 bits per heavy atom. The molecule has 1 rings (SSSR count). The summed E-state index contributed by atoms with van der Waals surface area (Å²) in [6, 6.07) is 0. The number of nitrogens with two attached hydrogens (primary N) is 1. The van der Waals surface area contributed by atoms with Crippen molar-refractivity contribution in [3.63, 3.8) is 0 Å². The second-order valence-electron chi connectivity index (χ2n) is 7.09. The van der Waals surface area contributed by atoms with Crippen LogP contribution in [0.5, 0.6) is 0 Å². The minimum atomic E-state index is 0.268. The van der Waals surface area contributed by atoms with Crippen LogP contribution in [0.3, 0.4) is 0 Å². The molecule has 1 fully saturated rings. The van der Waals surface area contributed by atoms with E-state index in [9.17, 15) is 0 Å². The van der Waals surface area contributed by atoms with Gasteiger partial charge in [0, 0.05) is 12.1 Å². The molecule has 3 unspecified atom stereocenters. The van der Waals surface area contributed by atoms with Crippen LogP contribution in [0.1, 0.15) is 60.3 Å². The Labute approximate surface area is 133 Å². The molecule has 0 bridgehead atoms. The molecule has 126 valence electrons. The van der Waals surface area contributed by atoms with E-state index in [2.05, 4.69) is 44.4 Å². The molecule has 0 aliphatic heterocycles. The number of rotatable bonds is 9. The van der Waals surface area contributed by atoms with Crippen LogP contribution in [-0.2, 0) is 0 Å². The number of likely N-dealkylation sites (N-methyl/N-ethyl adjacent to an activating group) is 1. The highest BCUT2D eigenvalue weighted by Crippen LogP contribution is 2.39. The first-order valence-corrected chi connectivity index (χ1v) is 9.20. The summed E-state index contributed by atoms with van der Waals surface area (Å²) in [5.74, 6) is 1.66. The van der Waals surface area contributed by atoms with E-state index < -0.39 is 0 Å². The lowest BCUT2D eigenvalue weighted by atomic mass is 9.70. The van der Waals surface area contributed by atoms with Crippen LogP contribution in [0, 0.1) is 11.8 Å². The van der Waals surface area contributed by atoms with Crippen LogP contribution in [0.15, 0.2) is 0 Å². The Morgan fingerprint density at radius 1 is 1.00 bits per heavy atom.